The molecule has 24 heavy (non-hydrogen) atoms. The highest BCUT2D eigenvalue weighted by Crippen LogP contribution is 2.31. The summed E-state index contributed by atoms with van der Waals surface area (Å²) >= 11 is 0. The van der Waals surface area contributed by atoms with Crippen molar-refractivity contribution in [2.45, 2.75) is 39.5 Å². The molecule has 2 aromatic carbocycles. The SMILES string of the molecule is Cc1ccc(C(C)(C)C)c(OCC(=O)NCCc2ccccc2)c1. The van der Waals surface area contributed by atoms with Crippen molar-refractivity contribution in [3.8, 4) is 5.75 Å². The predicted octanol–water partition coefficient (Wildman–Crippen LogP) is 4.03. The van der Waals surface area contributed by atoms with E-state index in [4.69, 9.17) is 4.74 Å². The van der Waals surface area contributed by atoms with Crippen molar-refractivity contribution in [1.82, 2.24) is 5.32 Å². The van der Waals surface area contributed by atoms with Crippen LogP contribution in [0.25, 0.3) is 0 Å². The average Bonchev–Trinajstić information content (AvgIpc) is 2.53. The van der Waals surface area contributed by atoms with Crippen molar-refractivity contribution in [2.75, 3.05) is 13.2 Å². The van der Waals surface area contributed by atoms with Crippen LogP contribution in [-0.2, 0) is 16.6 Å². The van der Waals surface area contributed by atoms with Crippen LogP contribution >= 0.6 is 0 Å². The molecule has 0 bridgehead atoms. The fraction of sp³-hybridized carbons (Fsp3) is 0.381. The molecule has 0 heterocycles. The first-order valence-corrected chi connectivity index (χ1v) is 8.41. The van der Waals surface area contributed by atoms with Gasteiger partial charge in [0, 0.05) is 6.54 Å². The van der Waals surface area contributed by atoms with Crippen molar-refractivity contribution in [2.24, 2.45) is 0 Å². The van der Waals surface area contributed by atoms with Gasteiger partial charge in [-0.2, -0.15) is 0 Å². The van der Waals surface area contributed by atoms with E-state index in [1.165, 1.54) is 5.56 Å². The van der Waals surface area contributed by atoms with E-state index in [0.717, 1.165) is 23.3 Å². The number of ether oxygens (including phenoxy) is 1. The summed E-state index contributed by atoms with van der Waals surface area (Å²) < 4.78 is 5.80. The maximum absolute atomic E-state index is 12.0. The Hall–Kier alpha value is -2.29. The highest BCUT2D eigenvalue weighted by Gasteiger charge is 2.19. The van der Waals surface area contributed by atoms with Gasteiger partial charge < -0.3 is 10.1 Å². The molecule has 0 aliphatic carbocycles. The first-order valence-electron chi connectivity index (χ1n) is 8.41. The molecule has 0 aromatic heterocycles. The molecule has 0 spiro atoms. The molecule has 0 aliphatic rings. The molecule has 0 unspecified atom stereocenters. The number of hydrogen-bond donors (Lipinski definition) is 1. The number of benzene rings is 2. The van der Waals surface area contributed by atoms with Crippen LogP contribution in [-0.4, -0.2) is 19.1 Å². The van der Waals surface area contributed by atoms with Gasteiger partial charge in [0.15, 0.2) is 6.61 Å². The fourth-order valence-electron chi connectivity index (χ4n) is 2.55. The number of aryl methyl sites for hydroxylation is 1. The second kappa shape index (κ2) is 8.00. The molecule has 3 heteroatoms. The zero-order chi connectivity index (χ0) is 17.6. The van der Waals surface area contributed by atoms with E-state index in [9.17, 15) is 4.79 Å². The summed E-state index contributed by atoms with van der Waals surface area (Å²) in [5.74, 6) is 0.702. The zero-order valence-electron chi connectivity index (χ0n) is 15.1. The van der Waals surface area contributed by atoms with E-state index in [-0.39, 0.29) is 17.9 Å². The van der Waals surface area contributed by atoms with Crippen LogP contribution in [0.5, 0.6) is 5.75 Å². The Bertz CT molecular complexity index is 672. The molecule has 128 valence electrons. The van der Waals surface area contributed by atoms with Gasteiger partial charge in [0.2, 0.25) is 0 Å². The van der Waals surface area contributed by atoms with E-state index >= 15 is 0 Å². The Labute approximate surface area is 145 Å². The molecule has 0 saturated heterocycles. The second-order valence-electron chi connectivity index (χ2n) is 7.12. The number of rotatable bonds is 6. The average molecular weight is 325 g/mol. The van der Waals surface area contributed by atoms with Gasteiger partial charge >= 0.3 is 0 Å². The lowest BCUT2D eigenvalue weighted by Gasteiger charge is -2.23. The summed E-state index contributed by atoms with van der Waals surface area (Å²) in [5, 5.41) is 2.91. The van der Waals surface area contributed by atoms with Gasteiger partial charge in [-0.05, 0) is 41.5 Å². The van der Waals surface area contributed by atoms with Crippen LogP contribution in [0.1, 0.15) is 37.5 Å². The van der Waals surface area contributed by atoms with Crippen molar-refractivity contribution in [1.29, 1.82) is 0 Å². The number of nitrogens with one attached hydrogen (secondary N) is 1. The van der Waals surface area contributed by atoms with Crippen molar-refractivity contribution >= 4 is 5.91 Å². The van der Waals surface area contributed by atoms with Crippen LogP contribution < -0.4 is 10.1 Å². The number of carbonyl (C=O) groups excluding carboxylic acids is 1. The summed E-state index contributed by atoms with van der Waals surface area (Å²) in [6, 6.07) is 16.3. The van der Waals surface area contributed by atoms with Crippen molar-refractivity contribution < 1.29 is 9.53 Å². The molecule has 0 fully saturated rings. The Morgan fingerprint density at radius 1 is 1.08 bits per heavy atom. The third kappa shape index (κ3) is 5.41. The molecule has 1 amide bonds. The molecule has 3 nitrogen and oxygen atoms in total. The lowest BCUT2D eigenvalue weighted by atomic mass is 9.86. The molecule has 1 N–H and O–H groups in total. The number of carbonyl (C=O) groups is 1. The van der Waals surface area contributed by atoms with Crippen LogP contribution in [0.4, 0.5) is 0 Å². The molecule has 0 atom stereocenters. The molecule has 2 rings (SSSR count). The highest BCUT2D eigenvalue weighted by atomic mass is 16.5. The Kier molecular flexibility index (Phi) is 6.02. The predicted molar refractivity (Wildman–Crippen MR) is 98.5 cm³/mol. The summed E-state index contributed by atoms with van der Waals surface area (Å²) in [5.41, 5.74) is 3.44. The van der Waals surface area contributed by atoms with Gasteiger partial charge in [0.05, 0.1) is 0 Å². The van der Waals surface area contributed by atoms with Crippen molar-refractivity contribution in [3.63, 3.8) is 0 Å². The van der Waals surface area contributed by atoms with Gasteiger partial charge in [0.25, 0.3) is 5.91 Å². The normalized spacial score (nSPS) is 11.2. The van der Waals surface area contributed by atoms with Gasteiger partial charge in [-0.15, -0.1) is 0 Å². The van der Waals surface area contributed by atoms with Crippen molar-refractivity contribution in [3.05, 3.63) is 65.2 Å². The zero-order valence-corrected chi connectivity index (χ0v) is 15.1. The molecular weight excluding hydrogens is 298 g/mol. The van der Waals surface area contributed by atoms with E-state index in [1.807, 2.05) is 31.2 Å². The number of amides is 1. The summed E-state index contributed by atoms with van der Waals surface area (Å²) in [6.07, 6.45) is 0.824. The van der Waals surface area contributed by atoms with E-state index < -0.39 is 0 Å². The molecular formula is C21H27NO2. The minimum Gasteiger partial charge on any atom is -0.483 e. The lowest BCUT2D eigenvalue weighted by molar-refractivity contribution is -0.123. The Morgan fingerprint density at radius 2 is 1.79 bits per heavy atom. The topological polar surface area (TPSA) is 38.3 Å². The van der Waals surface area contributed by atoms with Gasteiger partial charge in [-0.25, -0.2) is 0 Å². The smallest absolute Gasteiger partial charge is 0.257 e. The third-order valence-corrected chi connectivity index (χ3v) is 3.88. The van der Waals surface area contributed by atoms with Gasteiger partial charge in [-0.3, -0.25) is 4.79 Å². The van der Waals surface area contributed by atoms with E-state index in [1.54, 1.807) is 0 Å². The monoisotopic (exact) mass is 325 g/mol. The minimum absolute atomic E-state index is 0.0210. The summed E-state index contributed by atoms with van der Waals surface area (Å²) in [7, 11) is 0. The minimum atomic E-state index is -0.0905. The van der Waals surface area contributed by atoms with Crippen LogP contribution in [0.2, 0.25) is 0 Å². The first kappa shape index (κ1) is 18.1. The summed E-state index contributed by atoms with van der Waals surface area (Å²) in [4.78, 5) is 12.0. The number of hydrogen-bond acceptors (Lipinski definition) is 2. The van der Waals surface area contributed by atoms with Crippen LogP contribution in [0.3, 0.4) is 0 Å². The highest BCUT2D eigenvalue weighted by molar-refractivity contribution is 5.77. The molecule has 0 saturated carbocycles. The Balaban J connectivity index is 1.86. The van der Waals surface area contributed by atoms with Crippen LogP contribution in [0, 0.1) is 6.92 Å². The first-order chi connectivity index (χ1) is 11.4. The van der Waals surface area contributed by atoms with Crippen LogP contribution in [0.15, 0.2) is 48.5 Å². The standard InChI is InChI=1S/C21H27NO2/c1-16-10-11-18(21(2,3)4)19(14-16)24-15-20(23)22-13-12-17-8-6-5-7-9-17/h5-11,14H,12-13,15H2,1-4H3,(H,22,23). The van der Waals surface area contributed by atoms with E-state index in [2.05, 4.69) is 50.4 Å². The molecule has 0 radical (unpaired) electrons. The summed E-state index contributed by atoms with van der Waals surface area (Å²) in [6.45, 7) is 9.12. The Morgan fingerprint density at radius 3 is 2.46 bits per heavy atom. The maximum Gasteiger partial charge on any atom is 0.257 e. The molecule has 2 aromatic rings. The third-order valence-electron chi connectivity index (χ3n) is 3.88. The second-order valence-corrected chi connectivity index (χ2v) is 7.12. The largest absolute Gasteiger partial charge is 0.483 e. The fourth-order valence-corrected chi connectivity index (χ4v) is 2.55. The molecule has 0 aliphatic heterocycles. The van der Waals surface area contributed by atoms with E-state index in [0.29, 0.717) is 6.54 Å². The maximum atomic E-state index is 12.0. The van der Waals surface area contributed by atoms with Gasteiger partial charge in [-0.1, -0.05) is 63.2 Å². The lowest BCUT2D eigenvalue weighted by Crippen LogP contribution is -2.31. The van der Waals surface area contributed by atoms with Gasteiger partial charge in [0.1, 0.15) is 5.75 Å². The quantitative estimate of drug-likeness (QED) is 0.871.